The highest BCUT2D eigenvalue weighted by Gasteiger charge is 2.22. The summed E-state index contributed by atoms with van der Waals surface area (Å²) in [5, 5.41) is 0.897. The van der Waals surface area contributed by atoms with Gasteiger partial charge in [0.1, 0.15) is 5.75 Å². The molecule has 1 aromatic heterocycles. The molecule has 0 radical (unpaired) electrons. The van der Waals surface area contributed by atoms with Gasteiger partial charge in [-0.15, -0.1) is 0 Å². The minimum absolute atomic E-state index is 0.0120. The average molecular weight is 316 g/mol. The highest BCUT2D eigenvalue weighted by Crippen LogP contribution is 2.23. The van der Waals surface area contributed by atoms with Gasteiger partial charge in [-0.05, 0) is 45.0 Å². The Morgan fingerprint density at radius 2 is 2.04 bits per heavy atom. The highest BCUT2D eigenvalue weighted by atomic mass is 16.5. The standard InChI is InChI=1S/C18H24N2O3/c1-6-20(12(2)11-22-4)18(21)16-10-14-9-15(23-5)7-8-17(14)19-13(16)3/h7-10,12H,6,11H2,1-5H3/t12-/m0/s1. The van der Waals surface area contributed by atoms with E-state index in [2.05, 4.69) is 4.98 Å². The van der Waals surface area contributed by atoms with Crippen LogP contribution in [0, 0.1) is 6.92 Å². The fraction of sp³-hybridized carbons (Fsp3) is 0.444. The SMILES string of the molecule is CCN(C(=O)c1cc2cc(OC)ccc2nc1C)[C@@H](C)COC. The van der Waals surface area contributed by atoms with E-state index in [0.29, 0.717) is 18.7 Å². The Morgan fingerprint density at radius 1 is 1.30 bits per heavy atom. The first-order valence-electron chi connectivity index (χ1n) is 7.77. The van der Waals surface area contributed by atoms with E-state index < -0.39 is 0 Å². The number of amides is 1. The molecule has 0 unspecified atom stereocenters. The predicted molar refractivity (Wildman–Crippen MR) is 91.1 cm³/mol. The fourth-order valence-corrected chi connectivity index (χ4v) is 2.74. The third-order valence-corrected chi connectivity index (χ3v) is 3.98. The first-order chi connectivity index (χ1) is 11.0. The first-order valence-corrected chi connectivity index (χ1v) is 7.77. The molecule has 5 nitrogen and oxygen atoms in total. The van der Waals surface area contributed by atoms with Gasteiger partial charge in [0, 0.05) is 19.0 Å². The second kappa shape index (κ2) is 7.42. The van der Waals surface area contributed by atoms with Crippen LogP contribution in [0.1, 0.15) is 29.9 Å². The summed E-state index contributed by atoms with van der Waals surface area (Å²) < 4.78 is 10.4. The quantitative estimate of drug-likeness (QED) is 0.822. The number of nitrogens with zero attached hydrogens (tertiary/aromatic N) is 2. The van der Waals surface area contributed by atoms with Crippen molar-refractivity contribution < 1.29 is 14.3 Å². The van der Waals surface area contributed by atoms with E-state index in [0.717, 1.165) is 22.3 Å². The van der Waals surface area contributed by atoms with Crippen molar-refractivity contribution in [1.29, 1.82) is 0 Å². The van der Waals surface area contributed by atoms with Crippen LogP contribution < -0.4 is 4.74 Å². The summed E-state index contributed by atoms with van der Waals surface area (Å²) in [5.41, 5.74) is 2.21. The van der Waals surface area contributed by atoms with Gasteiger partial charge in [0.2, 0.25) is 0 Å². The number of carbonyl (C=O) groups is 1. The summed E-state index contributed by atoms with van der Waals surface area (Å²) >= 11 is 0. The van der Waals surface area contributed by atoms with Crippen LogP contribution in [-0.4, -0.2) is 49.2 Å². The molecule has 23 heavy (non-hydrogen) atoms. The van der Waals surface area contributed by atoms with Crippen molar-refractivity contribution >= 4 is 16.8 Å². The minimum Gasteiger partial charge on any atom is -0.497 e. The Hall–Kier alpha value is -2.14. The maximum Gasteiger partial charge on any atom is 0.256 e. The normalized spacial score (nSPS) is 12.2. The number of carbonyl (C=O) groups excluding carboxylic acids is 1. The van der Waals surface area contributed by atoms with Gasteiger partial charge in [0.25, 0.3) is 5.91 Å². The summed E-state index contributed by atoms with van der Waals surface area (Å²) in [7, 11) is 3.27. The average Bonchev–Trinajstić information content (AvgIpc) is 2.54. The highest BCUT2D eigenvalue weighted by molar-refractivity contribution is 5.99. The van der Waals surface area contributed by atoms with Crippen molar-refractivity contribution in [1.82, 2.24) is 9.88 Å². The molecule has 124 valence electrons. The van der Waals surface area contributed by atoms with E-state index in [-0.39, 0.29) is 11.9 Å². The molecule has 2 rings (SSSR count). The lowest BCUT2D eigenvalue weighted by atomic mass is 10.1. The largest absolute Gasteiger partial charge is 0.497 e. The number of hydrogen-bond acceptors (Lipinski definition) is 4. The maximum absolute atomic E-state index is 12.9. The zero-order chi connectivity index (χ0) is 17.0. The van der Waals surface area contributed by atoms with Crippen molar-refractivity contribution in [3.8, 4) is 5.75 Å². The minimum atomic E-state index is -0.0215. The van der Waals surface area contributed by atoms with E-state index >= 15 is 0 Å². The lowest BCUT2D eigenvalue weighted by Gasteiger charge is -2.28. The van der Waals surface area contributed by atoms with Crippen LogP contribution in [0.5, 0.6) is 5.75 Å². The number of hydrogen-bond donors (Lipinski definition) is 0. The molecule has 1 amide bonds. The first kappa shape index (κ1) is 17.2. The summed E-state index contributed by atoms with van der Waals surface area (Å²) in [6.45, 7) is 6.95. The predicted octanol–water partition coefficient (Wildman–Crippen LogP) is 3.05. The smallest absolute Gasteiger partial charge is 0.256 e. The van der Waals surface area contributed by atoms with Crippen LogP contribution in [-0.2, 0) is 4.74 Å². The Bertz CT molecular complexity index is 700. The molecule has 0 aliphatic carbocycles. The monoisotopic (exact) mass is 316 g/mol. The molecule has 1 atom stereocenters. The zero-order valence-corrected chi connectivity index (χ0v) is 14.4. The third-order valence-electron chi connectivity index (χ3n) is 3.98. The van der Waals surface area contributed by atoms with Gasteiger partial charge >= 0.3 is 0 Å². The van der Waals surface area contributed by atoms with Gasteiger partial charge in [-0.1, -0.05) is 0 Å². The zero-order valence-electron chi connectivity index (χ0n) is 14.4. The number of benzene rings is 1. The second-order valence-corrected chi connectivity index (χ2v) is 5.58. The van der Waals surface area contributed by atoms with Crippen LogP contribution in [0.3, 0.4) is 0 Å². The molecule has 0 aliphatic heterocycles. The number of fused-ring (bicyclic) bond motifs is 1. The molecule has 0 bridgehead atoms. The Morgan fingerprint density at radius 3 is 2.65 bits per heavy atom. The topological polar surface area (TPSA) is 51.7 Å². The van der Waals surface area contributed by atoms with Crippen LogP contribution in [0.25, 0.3) is 10.9 Å². The van der Waals surface area contributed by atoms with Crippen LogP contribution >= 0.6 is 0 Å². The molecule has 2 aromatic rings. The van der Waals surface area contributed by atoms with E-state index in [1.54, 1.807) is 19.1 Å². The van der Waals surface area contributed by atoms with E-state index in [1.807, 2.05) is 45.0 Å². The van der Waals surface area contributed by atoms with Gasteiger partial charge < -0.3 is 14.4 Å². The molecule has 1 heterocycles. The van der Waals surface area contributed by atoms with Crippen molar-refractivity contribution in [3.05, 3.63) is 35.5 Å². The summed E-state index contributed by atoms with van der Waals surface area (Å²) in [6, 6.07) is 7.58. The number of rotatable bonds is 6. The lowest BCUT2D eigenvalue weighted by Crippen LogP contribution is -2.41. The number of ether oxygens (including phenoxy) is 2. The van der Waals surface area contributed by atoms with Crippen molar-refractivity contribution in [3.63, 3.8) is 0 Å². The molecule has 0 spiro atoms. The van der Waals surface area contributed by atoms with Gasteiger partial charge in [-0.2, -0.15) is 0 Å². The Balaban J connectivity index is 2.44. The molecule has 5 heteroatoms. The second-order valence-electron chi connectivity index (χ2n) is 5.58. The van der Waals surface area contributed by atoms with Gasteiger partial charge in [0.15, 0.2) is 0 Å². The van der Waals surface area contributed by atoms with Crippen molar-refractivity contribution in [2.75, 3.05) is 27.4 Å². The molecule has 0 saturated heterocycles. The number of likely N-dealkylation sites (N-methyl/N-ethyl adjacent to an activating group) is 1. The number of methoxy groups -OCH3 is 2. The van der Waals surface area contributed by atoms with E-state index in [1.165, 1.54) is 0 Å². The molecular weight excluding hydrogens is 292 g/mol. The molecule has 0 aliphatic rings. The Kier molecular flexibility index (Phi) is 5.55. The summed E-state index contributed by atoms with van der Waals surface area (Å²) in [6.07, 6.45) is 0. The molecule has 0 saturated carbocycles. The van der Waals surface area contributed by atoms with Crippen LogP contribution in [0.2, 0.25) is 0 Å². The third kappa shape index (κ3) is 3.62. The van der Waals surface area contributed by atoms with Crippen LogP contribution in [0.4, 0.5) is 0 Å². The number of aryl methyl sites for hydroxylation is 1. The maximum atomic E-state index is 12.9. The van der Waals surface area contributed by atoms with E-state index in [9.17, 15) is 4.79 Å². The fourth-order valence-electron chi connectivity index (χ4n) is 2.74. The van der Waals surface area contributed by atoms with Gasteiger partial charge in [-0.3, -0.25) is 9.78 Å². The molecule has 0 N–H and O–H groups in total. The molecule has 0 fully saturated rings. The van der Waals surface area contributed by atoms with Gasteiger partial charge in [0.05, 0.1) is 36.5 Å². The van der Waals surface area contributed by atoms with Crippen molar-refractivity contribution in [2.45, 2.75) is 26.8 Å². The van der Waals surface area contributed by atoms with E-state index in [4.69, 9.17) is 9.47 Å². The summed E-state index contributed by atoms with van der Waals surface area (Å²) in [5.74, 6) is 0.730. The molecule has 1 aromatic carbocycles. The van der Waals surface area contributed by atoms with Gasteiger partial charge in [-0.25, -0.2) is 0 Å². The van der Waals surface area contributed by atoms with Crippen LogP contribution in [0.15, 0.2) is 24.3 Å². The van der Waals surface area contributed by atoms with Crippen molar-refractivity contribution in [2.24, 2.45) is 0 Å². The molecular formula is C18H24N2O3. The summed E-state index contributed by atoms with van der Waals surface area (Å²) in [4.78, 5) is 19.3. The number of pyridine rings is 1. The Labute approximate surface area is 137 Å². The number of aromatic nitrogens is 1. The lowest BCUT2D eigenvalue weighted by molar-refractivity contribution is 0.0578.